The van der Waals surface area contributed by atoms with Crippen LogP contribution in [-0.2, 0) is 21.3 Å². The summed E-state index contributed by atoms with van der Waals surface area (Å²) in [4.78, 5) is 27.6. The third-order valence-electron chi connectivity index (χ3n) is 6.74. The summed E-state index contributed by atoms with van der Waals surface area (Å²) in [5.74, 6) is -0.495. The number of hydrogen-bond donors (Lipinski definition) is 2. The fourth-order valence-corrected chi connectivity index (χ4v) is 6.51. The Morgan fingerprint density at radius 2 is 2.03 bits per heavy atom. The second-order valence-corrected chi connectivity index (χ2v) is 12.6. The van der Waals surface area contributed by atoms with Crippen LogP contribution in [0.3, 0.4) is 0 Å². The fraction of sp³-hybridized carbons (Fsp3) is 0.440. The van der Waals surface area contributed by atoms with Crippen LogP contribution in [0.4, 0.5) is 32.1 Å². The number of pyridine rings is 1. The van der Waals surface area contributed by atoms with E-state index in [9.17, 15) is 22.4 Å². The van der Waals surface area contributed by atoms with Gasteiger partial charge in [-0.05, 0) is 73.4 Å². The highest BCUT2D eigenvalue weighted by Crippen LogP contribution is 2.49. The van der Waals surface area contributed by atoms with Crippen molar-refractivity contribution >= 4 is 61.6 Å². The molecule has 1 saturated carbocycles. The number of anilines is 4. The lowest BCUT2D eigenvalue weighted by Gasteiger charge is -2.25. The van der Waals surface area contributed by atoms with Crippen molar-refractivity contribution in [2.75, 3.05) is 28.1 Å². The van der Waals surface area contributed by atoms with Gasteiger partial charge in [-0.25, -0.2) is 17.6 Å². The molecule has 0 saturated heterocycles. The molecule has 0 spiro atoms. The Hall–Kier alpha value is -2.61. The Balaban J connectivity index is 1.87. The van der Waals surface area contributed by atoms with E-state index in [1.165, 1.54) is 21.6 Å². The normalized spacial score (nSPS) is 15.7. The van der Waals surface area contributed by atoms with Crippen LogP contribution in [0, 0.1) is 16.3 Å². The van der Waals surface area contributed by atoms with Crippen LogP contribution in [0.1, 0.15) is 44.6 Å². The zero-order chi connectivity index (χ0) is 27.0. The lowest BCUT2D eigenvalue weighted by molar-refractivity contribution is 0.152. The van der Waals surface area contributed by atoms with Crippen LogP contribution in [-0.4, -0.2) is 37.0 Å². The van der Waals surface area contributed by atoms with Gasteiger partial charge < -0.3 is 10.1 Å². The summed E-state index contributed by atoms with van der Waals surface area (Å²) in [5, 5.41) is 2.93. The average molecular weight is 645 g/mol. The zero-order valence-electron chi connectivity index (χ0n) is 20.8. The first-order valence-electron chi connectivity index (χ1n) is 12.1. The smallest absolute Gasteiger partial charge is 0.415 e. The van der Waals surface area contributed by atoms with E-state index in [4.69, 9.17) is 4.74 Å². The molecule has 1 aromatic carbocycles. The number of amides is 1. The van der Waals surface area contributed by atoms with Gasteiger partial charge in [-0.15, -0.1) is 6.58 Å². The van der Waals surface area contributed by atoms with E-state index in [2.05, 4.69) is 16.6 Å². The van der Waals surface area contributed by atoms with Gasteiger partial charge in [-0.1, -0.05) is 19.4 Å². The van der Waals surface area contributed by atoms with Gasteiger partial charge in [0, 0.05) is 22.2 Å². The second kappa shape index (κ2) is 10.6. The molecule has 4 rings (SSSR count). The van der Waals surface area contributed by atoms with E-state index in [0.717, 1.165) is 6.42 Å². The number of carbonyl (C=O) groups is 1. The summed E-state index contributed by atoms with van der Waals surface area (Å²) in [5.41, 5.74) is -0.0647. The number of rotatable bonds is 10. The van der Waals surface area contributed by atoms with E-state index >= 15 is 0 Å². The van der Waals surface area contributed by atoms with Crippen molar-refractivity contribution in [1.82, 2.24) is 4.57 Å². The summed E-state index contributed by atoms with van der Waals surface area (Å²) in [7, 11) is -3.97. The number of nitrogens with zero attached hydrogens (tertiary/aromatic N) is 2. The first-order chi connectivity index (χ1) is 17.5. The summed E-state index contributed by atoms with van der Waals surface area (Å²) in [6.07, 6.45) is 3.56. The molecule has 12 heteroatoms. The maximum absolute atomic E-state index is 14.8. The van der Waals surface area contributed by atoms with Gasteiger partial charge in [0.25, 0.3) is 5.56 Å². The number of sulfonamides is 1. The zero-order valence-corrected chi connectivity index (χ0v) is 23.7. The van der Waals surface area contributed by atoms with Gasteiger partial charge in [0.2, 0.25) is 10.0 Å². The Bertz CT molecular complexity index is 1400. The van der Waals surface area contributed by atoms with Crippen molar-refractivity contribution in [3.63, 3.8) is 0 Å². The number of carbonyl (C=O) groups excluding carboxylic acids is 1. The predicted octanol–water partition coefficient (Wildman–Crippen LogP) is 5.25. The number of unbranched alkanes of at least 4 members (excludes halogenated alkanes) is 1. The number of halogens is 2. The first-order valence-corrected chi connectivity index (χ1v) is 14.7. The molecule has 1 aliphatic carbocycles. The molecule has 2 heterocycles. The van der Waals surface area contributed by atoms with Gasteiger partial charge >= 0.3 is 6.09 Å². The minimum atomic E-state index is -3.97. The minimum Gasteiger partial charge on any atom is -0.449 e. The van der Waals surface area contributed by atoms with Crippen molar-refractivity contribution in [2.45, 2.75) is 57.2 Å². The quantitative estimate of drug-likeness (QED) is 0.208. The van der Waals surface area contributed by atoms with Crippen LogP contribution in [0.2, 0.25) is 0 Å². The molecule has 200 valence electrons. The molecule has 1 aromatic heterocycles. The molecule has 2 N–H and O–H groups in total. The van der Waals surface area contributed by atoms with E-state index < -0.39 is 32.2 Å². The number of allylic oxidation sites excluding steroid dienone is 1. The first kappa shape index (κ1) is 27.4. The van der Waals surface area contributed by atoms with Crippen molar-refractivity contribution in [1.29, 1.82) is 0 Å². The fourth-order valence-electron chi connectivity index (χ4n) is 4.40. The Labute approximate surface area is 229 Å². The third kappa shape index (κ3) is 5.22. The highest BCUT2D eigenvalue weighted by molar-refractivity contribution is 14.1. The molecule has 2 aliphatic rings. The predicted molar refractivity (Wildman–Crippen MR) is 151 cm³/mol. The minimum absolute atomic E-state index is 0.00956. The molecule has 2 aromatic rings. The maximum atomic E-state index is 14.8. The highest BCUT2D eigenvalue weighted by Gasteiger charge is 2.54. The van der Waals surface area contributed by atoms with E-state index in [-0.39, 0.29) is 54.6 Å². The summed E-state index contributed by atoms with van der Waals surface area (Å²) >= 11 is 1.98. The Kier molecular flexibility index (Phi) is 7.88. The molecule has 0 atom stereocenters. The van der Waals surface area contributed by atoms with Crippen molar-refractivity contribution in [3.8, 4) is 0 Å². The number of ether oxygens (including phenoxy) is 1. The monoisotopic (exact) mass is 644 g/mol. The van der Waals surface area contributed by atoms with Crippen molar-refractivity contribution < 1.29 is 22.3 Å². The second-order valence-electron chi connectivity index (χ2n) is 9.31. The highest BCUT2D eigenvalue weighted by atomic mass is 127. The Morgan fingerprint density at radius 3 is 2.65 bits per heavy atom. The standard InChI is InChI=1S/C25H30FIN4O5S/c1-4-6-14-36-24(33)31-13-12-30-22(31)21(29-37(34,35)25(9-5-2)10-11-25)20(16(3)23(30)32)28-19-8-7-17(27)15-18(19)26/h5,7-8,15,28-29H,2,4,6,9-14H2,1,3H3. The van der Waals surface area contributed by atoms with Crippen LogP contribution in [0.15, 0.2) is 35.6 Å². The number of fused-ring (bicyclic) bond motifs is 1. The van der Waals surface area contributed by atoms with Crippen LogP contribution in [0.25, 0.3) is 0 Å². The molecular weight excluding hydrogens is 614 g/mol. The molecule has 0 bridgehead atoms. The Morgan fingerprint density at radius 1 is 1.30 bits per heavy atom. The summed E-state index contributed by atoms with van der Waals surface area (Å²) < 4.78 is 51.1. The molecule has 1 amide bonds. The maximum Gasteiger partial charge on any atom is 0.415 e. The van der Waals surface area contributed by atoms with E-state index in [1.807, 2.05) is 29.5 Å². The van der Waals surface area contributed by atoms with Crippen LogP contribution >= 0.6 is 22.6 Å². The van der Waals surface area contributed by atoms with Gasteiger partial charge in [0.1, 0.15) is 17.3 Å². The molecule has 1 aliphatic heterocycles. The number of nitrogens with one attached hydrogen (secondary N) is 2. The average Bonchev–Trinajstić information content (AvgIpc) is 3.51. The van der Waals surface area contributed by atoms with Gasteiger partial charge in [0.15, 0.2) is 0 Å². The number of benzene rings is 1. The van der Waals surface area contributed by atoms with E-state index in [1.54, 1.807) is 19.1 Å². The van der Waals surface area contributed by atoms with Crippen molar-refractivity contribution in [3.05, 3.63) is 56.2 Å². The van der Waals surface area contributed by atoms with Gasteiger partial charge in [-0.3, -0.25) is 19.0 Å². The molecule has 0 radical (unpaired) electrons. The van der Waals surface area contributed by atoms with Crippen LogP contribution < -0.4 is 20.5 Å². The van der Waals surface area contributed by atoms with Gasteiger partial charge in [0.05, 0.1) is 22.7 Å². The third-order valence-corrected chi connectivity index (χ3v) is 9.60. The summed E-state index contributed by atoms with van der Waals surface area (Å²) in [6, 6.07) is 4.52. The topological polar surface area (TPSA) is 110 Å². The molecule has 0 unspecified atom stereocenters. The molecule has 1 fully saturated rings. The number of hydrogen-bond acceptors (Lipinski definition) is 6. The molecule has 9 nitrogen and oxygen atoms in total. The molecular formula is C25H30FIN4O5S. The largest absolute Gasteiger partial charge is 0.449 e. The SMILES string of the molecule is C=CCC1(S(=O)(=O)Nc2c(Nc3ccc(I)cc3F)c(C)c(=O)n3c2N(C(=O)OCCCC)CC3)CC1. The van der Waals surface area contributed by atoms with Gasteiger partial charge in [-0.2, -0.15) is 0 Å². The lowest BCUT2D eigenvalue weighted by atomic mass is 10.2. The number of aromatic nitrogens is 1. The lowest BCUT2D eigenvalue weighted by Crippen LogP contribution is -2.34. The van der Waals surface area contributed by atoms with Crippen LogP contribution in [0.5, 0.6) is 0 Å². The van der Waals surface area contributed by atoms with Crippen molar-refractivity contribution in [2.24, 2.45) is 0 Å². The summed E-state index contributed by atoms with van der Waals surface area (Å²) in [6.45, 7) is 7.70. The van der Waals surface area contributed by atoms with E-state index in [0.29, 0.717) is 22.8 Å². The molecule has 37 heavy (non-hydrogen) atoms.